The molecule has 5 heteroatoms. The zero-order valence-corrected chi connectivity index (χ0v) is 7.47. The van der Waals surface area contributed by atoms with Gasteiger partial charge in [0.1, 0.15) is 0 Å². The molecule has 4 nitrogen and oxygen atoms in total. The van der Waals surface area contributed by atoms with Crippen molar-refractivity contribution in [2.45, 2.75) is 12.5 Å². The van der Waals surface area contributed by atoms with E-state index in [2.05, 4.69) is 9.47 Å². The molecule has 0 N–H and O–H groups in total. The summed E-state index contributed by atoms with van der Waals surface area (Å²) in [7, 11) is -1.00. The molecule has 0 aromatic heterocycles. The van der Waals surface area contributed by atoms with Crippen molar-refractivity contribution in [2.75, 3.05) is 20.9 Å². The van der Waals surface area contributed by atoms with Crippen LogP contribution in [0.4, 0.5) is 0 Å². The van der Waals surface area contributed by atoms with Crippen molar-refractivity contribution in [3.8, 4) is 0 Å². The number of hydrogen-bond donors (Lipinski definition) is 0. The topological polar surface area (TPSA) is 58.6 Å². The van der Waals surface area contributed by atoms with E-state index in [1.807, 2.05) is 0 Å². The Balaban J connectivity index is 4.50. The van der Waals surface area contributed by atoms with Crippen LogP contribution >= 0.6 is 7.37 Å². The summed E-state index contributed by atoms with van der Waals surface area (Å²) in [5.74, 6) is 0. The summed E-state index contributed by atoms with van der Waals surface area (Å²) in [6.45, 7) is 2.45. The highest BCUT2D eigenvalue weighted by atomic mass is 31.2. The molecule has 0 aliphatic rings. The predicted octanol–water partition coefficient (Wildman–Crippen LogP) is 0.221. The Labute approximate surface area is 60.6 Å². The van der Waals surface area contributed by atoms with E-state index in [-0.39, 0.29) is 0 Å². The minimum Gasteiger partial charge on any atom is -0.796 e. The van der Waals surface area contributed by atoms with E-state index < -0.39 is 12.9 Å². The average molecular weight is 167 g/mol. The highest BCUT2D eigenvalue weighted by Gasteiger charge is 2.31. The van der Waals surface area contributed by atoms with Crippen molar-refractivity contribution < 1.29 is 18.9 Å². The van der Waals surface area contributed by atoms with Gasteiger partial charge in [0, 0.05) is 14.2 Å². The first kappa shape index (κ1) is 10.1. The Bertz CT molecular complexity index is 146. The average Bonchev–Trinajstić information content (AvgIpc) is 1.84. The van der Waals surface area contributed by atoms with E-state index in [9.17, 15) is 9.46 Å². The maximum Gasteiger partial charge on any atom is 0.204 e. The van der Waals surface area contributed by atoms with E-state index in [0.717, 1.165) is 6.66 Å². The number of rotatable bonds is 3. The van der Waals surface area contributed by atoms with E-state index in [1.165, 1.54) is 21.1 Å². The fraction of sp³-hybridized carbons (Fsp3) is 1.00. The molecule has 0 bridgehead atoms. The lowest BCUT2D eigenvalue weighted by Gasteiger charge is -2.36. The van der Waals surface area contributed by atoms with Gasteiger partial charge in [0.05, 0.1) is 7.37 Å². The Morgan fingerprint density at radius 1 is 1.40 bits per heavy atom. The van der Waals surface area contributed by atoms with E-state index in [1.54, 1.807) is 0 Å². The quantitative estimate of drug-likeness (QED) is 0.445. The highest BCUT2D eigenvalue weighted by Crippen LogP contribution is 2.47. The van der Waals surface area contributed by atoms with Gasteiger partial charge in [-0.3, -0.25) is 0 Å². The normalized spacial score (nSPS) is 18.5. The van der Waals surface area contributed by atoms with Crippen LogP contribution < -0.4 is 4.89 Å². The van der Waals surface area contributed by atoms with Crippen molar-refractivity contribution in [2.24, 2.45) is 0 Å². The summed E-state index contributed by atoms with van der Waals surface area (Å²) in [5.41, 5.74) is -1.48. The van der Waals surface area contributed by atoms with Crippen molar-refractivity contribution >= 4 is 7.37 Å². The van der Waals surface area contributed by atoms with Gasteiger partial charge in [0.15, 0.2) is 0 Å². The molecule has 0 aromatic rings. The lowest BCUT2D eigenvalue weighted by Crippen LogP contribution is -2.33. The second-order valence-corrected chi connectivity index (χ2v) is 4.66. The molecule has 62 valence electrons. The molecule has 0 saturated heterocycles. The molecule has 0 radical (unpaired) electrons. The monoisotopic (exact) mass is 167 g/mol. The van der Waals surface area contributed by atoms with Gasteiger partial charge in [-0.25, -0.2) is 0 Å². The highest BCUT2D eigenvalue weighted by molar-refractivity contribution is 7.57. The first-order valence-corrected chi connectivity index (χ1v) is 4.83. The summed E-state index contributed by atoms with van der Waals surface area (Å²) in [6.07, 6.45) is 0. The summed E-state index contributed by atoms with van der Waals surface area (Å²) < 4.78 is 20.2. The van der Waals surface area contributed by atoms with Crippen LogP contribution in [0.1, 0.15) is 6.92 Å². The smallest absolute Gasteiger partial charge is 0.204 e. The molecule has 0 aromatic carbocycles. The molecular formula is C5H12O4P-. The third kappa shape index (κ3) is 1.80. The Morgan fingerprint density at radius 3 is 1.70 bits per heavy atom. The molecule has 0 aliphatic heterocycles. The largest absolute Gasteiger partial charge is 0.796 e. The van der Waals surface area contributed by atoms with Gasteiger partial charge in [-0.05, 0) is 13.6 Å². The lowest BCUT2D eigenvalue weighted by atomic mass is 10.7. The van der Waals surface area contributed by atoms with Gasteiger partial charge in [-0.2, -0.15) is 0 Å². The Hall–Kier alpha value is 0.110. The van der Waals surface area contributed by atoms with Gasteiger partial charge in [-0.1, -0.05) is 0 Å². The molecule has 0 amide bonds. The first-order valence-electron chi connectivity index (χ1n) is 2.76. The second kappa shape index (κ2) is 3.01. The fourth-order valence-electron chi connectivity index (χ4n) is 0.415. The number of ether oxygens (including phenoxy) is 2. The van der Waals surface area contributed by atoms with Crippen molar-refractivity contribution in [3.05, 3.63) is 0 Å². The van der Waals surface area contributed by atoms with Gasteiger partial charge in [0.2, 0.25) is 5.53 Å². The molecule has 0 fully saturated rings. The Kier molecular flexibility index (Phi) is 3.04. The lowest BCUT2D eigenvalue weighted by molar-refractivity contribution is -0.226. The van der Waals surface area contributed by atoms with Crippen LogP contribution in [-0.2, 0) is 14.0 Å². The number of hydrogen-bond acceptors (Lipinski definition) is 4. The summed E-state index contributed by atoms with van der Waals surface area (Å²) in [4.78, 5) is 10.9. The first-order chi connectivity index (χ1) is 4.37. The molecule has 0 saturated carbocycles. The zero-order valence-electron chi connectivity index (χ0n) is 6.58. The SMILES string of the molecule is COC(C)(OC)P(C)(=O)[O-]. The van der Waals surface area contributed by atoms with Crippen LogP contribution in [0.5, 0.6) is 0 Å². The van der Waals surface area contributed by atoms with E-state index in [0.29, 0.717) is 0 Å². The molecule has 1 atom stereocenters. The maximum absolute atomic E-state index is 10.9. The van der Waals surface area contributed by atoms with Gasteiger partial charge >= 0.3 is 0 Å². The van der Waals surface area contributed by atoms with Crippen molar-refractivity contribution in [3.63, 3.8) is 0 Å². The Morgan fingerprint density at radius 2 is 1.70 bits per heavy atom. The molecule has 10 heavy (non-hydrogen) atoms. The molecule has 0 aliphatic carbocycles. The maximum atomic E-state index is 10.9. The molecule has 1 unspecified atom stereocenters. The molecular weight excluding hydrogens is 155 g/mol. The van der Waals surface area contributed by atoms with Gasteiger partial charge < -0.3 is 18.9 Å². The summed E-state index contributed by atoms with van der Waals surface area (Å²) in [5, 5.41) is 0. The standard InChI is InChI=1S/C5H13O4P/c1-5(8-2,9-3)10(4,6)7/h1-4H3,(H,6,7)/p-1. The third-order valence-corrected chi connectivity index (χ3v) is 3.34. The zero-order chi connectivity index (χ0) is 8.41. The molecule has 0 rings (SSSR count). The van der Waals surface area contributed by atoms with Gasteiger partial charge in [0.25, 0.3) is 0 Å². The minimum atomic E-state index is -3.58. The van der Waals surface area contributed by atoms with Crippen LogP contribution in [-0.4, -0.2) is 26.4 Å². The fourth-order valence-corrected chi connectivity index (χ4v) is 1.08. The second-order valence-electron chi connectivity index (χ2n) is 2.15. The summed E-state index contributed by atoms with van der Waals surface area (Å²) >= 11 is 0. The molecule has 0 heterocycles. The van der Waals surface area contributed by atoms with Crippen molar-refractivity contribution in [1.82, 2.24) is 0 Å². The predicted molar refractivity (Wildman–Crippen MR) is 36.0 cm³/mol. The van der Waals surface area contributed by atoms with E-state index >= 15 is 0 Å². The van der Waals surface area contributed by atoms with Crippen LogP contribution in [0, 0.1) is 0 Å². The van der Waals surface area contributed by atoms with E-state index in [4.69, 9.17) is 0 Å². The van der Waals surface area contributed by atoms with Crippen LogP contribution in [0.2, 0.25) is 0 Å². The van der Waals surface area contributed by atoms with Gasteiger partial charge in [-0.15, -0.1) is 0 Å². The third-order valence-electron chi connectivity index (χ3n) is 1.50. The van der Waals surface area contributed by atoms with Crippen LogP contribution in [0.25, 0.3) is 0 Å². The molecule has 0 spiro atoms. The van der Waals surface area contributed by atoms with Crippen LogP contribution in [0.15, 0.2) is 0 Å². The minimum absolute atomic E-state index is 1.08. The summed E-state index contributed by atoms with van der Waals surface area (Å²) in [6, 6.07) is 0. The van der Waals surface area contributed by atoms with Crippen LogP contribution in [0.3, 0.4) is 0 Å². The van der Waals surface area contributed by atoms with Crippen molar-refractivity contribution in [1.29, 1.82) is 0 Å². The number of methoxy groups -OCH3 is 2.